The molecule has 5 heteroatoms. The highest BCUT2D eigenvalue weighted by Crippen LogP contribution is 2.47. The zero-order chi connectivity index (χ0) is 18.5. The molecule has 0 heterocycles. The van der Waals surface area contributed by atoms with E-state index >= 15 is 0 Å². The Labute approximate surface area is 156 Å². The van der Waals surface area contributed by atoms with E-state index in [0.29, 0.717) is 0 Å². The van der Waals surface area contributed by atoms with Gasteiger partial charge in [-0.05, 0) is 63.6 Å². The van der Waals surface area contributed by atoms with E-state index in [1.54, 1.807) is 0 Å². The fourth-order valence-electron chi connectivity index (χ4n) is 3.74. The molecule has 1 atom stereocenters. The maximum Gasteiger partial charge on any atom is 0.332 e. The summed E-state index contributed by atoms with van der Waals surface area (Å²) < 4.78 is 10.3. The first-order valence-electron chi connectivity index (χ1n) is 9.01. The van der Waals surface area contributed by atoms with E-state index in [4.69, 9.17) is 26.8 Å². The molecule has 0 spiro atoms. The number of hydrogen-bond acceptors (Lipinski definition) is 4. The molecule has 1 aliphatic carbocycles. The van der Waals surface area contributed by atoms with Gasteiger partial charge in [0.1, 0.15) is 12.2 Å². The minimum absolute atomic E-state index is 0.0113. The van der Waals surface area contributed by atoms with Crippen LogP contribution in [0.25, 0.3) is 0 Å². The zero-order valence-electron chi connectivity index (χ0n) is 15.5. The third-order valence-corrected chi connectivity index (χ3v) is 5.57. The summed E-state index contributed by atoms with van der Waals surface area (Å²) in [6.45, 7) is 3.86. The molecule has 0 amide bonds. The van der Waals surface area contributed by atoms with Crippen LogP contribution in [0, 0.1) is 0 Å². The van der Waals surface area contributed by atoms with Crippen LogP contribution in [0.4, 0.5) is 0 Å². The Balaban J connectivity index is 1.89. The molecule has 0 bridgehead atoms. The van der Waals surface area contributed by atoms with Crippen molar-refractivity contribution in [1.29, 1.82) is 0 Å². The number of nitrogens with two attached hydrogens (primary N) is 1. The number of benzene rings is 1. The predicted octanol–water partition coefficient (Wildman–Crippen LogP) is 4.23. The van der Waals surface area contributed by atoms with Gasteiger partial charge in [0.05, 0.1) is 0 Å². The molecule has 4 nitrogen and oxygen atoms in total. The van der Waals surface area contributed by atoms with Crippen LogP contribution in [-0.2, 0) is 19.7 Å². The Bertz CT molecular complexity index is 567. The van der Waals surface area contributed by atoms with Gasteiger partial charge < -0.3 is 15.2 Å². The fourth-order valence-corrected chi connectivity index (χ4v) is 3.87. The molecule has 1 saturated carbocycles. The van der Waals surface area contributed by atoms with Gasteiger partial charge in [0.2, 0.25) is 0 Å². The number of hydrogen-bond donors (Lipinski definition) is 1. The lowest BCUT2D eigenvalue weighted by molar-refractivity contribution is -0.161. The highest BCUT2D eigenvalue weighted by molar-refractivity contribution is 6.30. The normalized spacial score (nSPS) is 17.6. The Kier molecular flexibility index (Phi) is 6.89. The van der Waals surface area contributed by atoms with Crippen LogP contribution in [-0.4, -0.2) is 31.3 Å². The van der Waals surface area contributed by atoms with E-state index in [0.717, 1.165) is 37.1 Å². The second-order valence-corrected chi connectivity index (χ2v) is 8.12. The summed E-state index contributed by atoms with van der Waals surface area (Å²) in [4.78, 5) is 11.6. The molecule has 1 aromatic rings. The minimum Gasteiger partial charge on any atom is -0.458 e. The van der Waals surface area contributed by atoms with Gasteiger partial charge >= 0.3 is 5.97 Å². The number of rotatable bonds is 9. The van der Waals surface area contributed by atoms with Crippen molar-refractivity contribution in [3.8, 4) is 0 Å². The molecular formula is C20H30ClNO3. The van der Waals surface area contributed by atoms with Gasteiger partial charge in [0.25, 0.3) is 0 Å². The molecule has 0 aromatic heterocycles. The molecular weight excluding hydrogens is 338 g/mol. The first kappa shape index (κ1) is 20.2. The van der Waals surface area contributed by atoms with Crippen molar-refractivity contribution in [3.63, 3.8) is 0 Å². The monoisotopic (exact) mass is 367 g/mol. The summed E-state index contributed by atoms with van der Waals surface area (Å²) in [7, 11) is 1.49. The smallest absolute Gasteiger partial charge is 0.332 e. The molecule has 1 fully saturated rings. The van der Waals surface area contributed by atoms with Gasteiger partial charge in [0, 0.05) is 23.6 Å². The van der Waals surface area contributed by atoms with Crippen molar-refractivity contribution in [2.45, 2.75) is 69.4 Å². The summed E-state index contributed by atoms with van der Waals surface area (Å²) in [6.07, 6.45) is 6.09. The largest absolute Gasteiger partial charge is 0.458 e. The van der Waals surface area contributed by atoms with Gasteiger partial charge in [-0.1, -0.05) is 30.2 Å². The zero-order valence-corrected chi connectivity index (χ0v) is 16.3. The number of carbonyl (C=O) groups excluding carboxylic acids is 1. The lowest BCUT2D eigenvalue weighted by atomic mass is 9.59. The molecule has 1 aliphatic rings. The van der Waals surface area contributed by atoms with Crippen molar-refractivity contribution in [3.05, 3.63) is 34.9 Å². The summed E-state index contributed by atoms with van der Waals surface area (Å²) >= 11 is 6.02. The van der Waals surface area contributed by atoms with Crippen LogP contribution in [0.3, 0.4) is 0 Å². The van der Waals surface area contributed by atoms with Crippen molar-refractivity contribution in [2.24, 2.45) is 5.73 Å². The second-order valence-electron chi connectivity index (χ2n) is 7.68. The van der Waals surface area contributed by atoms with Crippen LogP contribution >= 0.6 is 11.6 Å². The molecule has 0 saturated heterocycles. The van der Waals surface area contributed by atoms with E-state index in [1.807, 2.05) is 26.0 Å². The number of carbonyl (C=O) groups is 1. The molecule has 1 aromatic carbocycles. The maximum absolute atomic E-state index is 11.6. The Morgan fingerprint density at radius 3 is 2.48 bits per heavy atom. The highest BCUT2D eigenvalue weighted by Gasteiger charge is 2.43. The molecule has 0 aliphatic heterocycles. The lowest BCUT2D eigenvalue weighted by Crippen LogP contribution is -2.50. The first-order chi connectivity index (χ1) is 11.8. The summed E-state index contributed by atoms with van der Waals surface area (Å²) in [5.74, 6) is -0.326. The molecule has 0 radical (unpaired) electrons. The van der Waals surface area contributed by atoms with E-state index in [9.17, 15) is 4.79 Å². The van der Waals surface area contributed by atoms with Gasteiger partial charge in [0.15, 0.2) is 0 Å². The fraction of sp³-hybridized carbons (Fsp3) is 0.650. The summed E-state index contributed by atoms with van der Waals surface area (Å²) in [5.41, 5.74) is 7.47. The van der Waals surface area contributed by atoms with Gasteiger partial charge in [-0.15, -0.1) is 0 Å². The summed E-state index contributed by atoms with van der Waals surface area (Å²) in [6, 6.07) is 8.22. The predicted molar refractivity (Wildman–Crippen MR) is 101 cm³/mol. The molecule has 25 heavy (non-hydrogen) atoms. The SMILES string of the molecule is COCC(=O)OC(C)(C)CCCC(N)C1(c2ccc(Cl)cc2)CCC1. The van der Waals surface area contributed by atoms with E-state index in [2.05, 4.69) is 12.1 Å². The third-order valence-electron chi connectivity index (χ3n) is 5.32. The molecule has 2 rings (SSSR count). The van der Waals surface area contributed by atoms with Crippen LogP contribution in [0.5, 0.6) is 0 Å². The molecule has 1 unspecified atom stereocenters. The van der Waals surface area contributed by atoms with Crippen molar-refractivity contribution in [2.75, 3.05) is 13.7 Å². The lowest BCUT2D eigenvalue weighted by Gasteiger charge is -2.47. The van der Waals surface area contributed by atoms with Crippen molar-refractivity contribution >= 4 is 17.6 Å². The molecule has 2 N–H and O–H groups in total. The van der Waals surface area contributed by atoms with E-state index in [-0.39, 0.29) is 24.0 Å². The number of halogens is 1. The number of methoxy groups -OCH3 is 1. The quantitative estimate of drug-likeness (QED) is 0.663. The first-order valence-corrected chi connectivity index (χ1v) is 9.39. The average molecular weight is 368 g/mol. The van der Waals surface area contributed by atoms with E-state index in [1.165, 1.54) is 19.1 Å². The van der Waals surface area contributed by atoms with Crippen molar-refractivity contribution < 1.29 is 14.3 Å². The van der Waals surface area contributed by atoms with Crippen LogP contribution in [0.2, 0.25) is 5.02 Å². The average Bonchev–Trinajstić information content (AvgIpc) is 2.47. The van der Waals surface area contributed by atoms with Crippen LogP contribution in [0.15, 0.2) is 24.3 Å². The second kappa shape index (κ2) is 8.52. The van der Waals surface area contributed by atoms with Gasteiger partial charge in [-0.3, -0.25) is 0 Å². The standard InChI is InChI=1S/C20H30ClNO3/c1-19(2,25-18(23)14-24-3)11-4-6-17(22)20(12-5-13-20)15-7-9-16(21)10-8-15/h7-10,17H,4-6,11-14,22H2,1-3H3. The topological polar surface area (TPSA) is 61.5 Å². The minimum atomic E-state index is -0.498. The van der Waals surface area contributed by atoms with E-state index < -0.39 is 5.60 Å². The summed E-state index contributed by atoms with van der Waals surface area (Å²) in [5, 5.41) is 0.756. The van der Waals surface area contributed by atoms with Gasteiger partial charge in [-0.2, -0.15) is 0 Å². The molecule has 140 valence electrons. The Morgan fingerprint density at radius 1 is 1.32 bits per heavy atom. The number of esters is 1. The van der Waals surface area contributed by atoms with Crippen molar-refractivity contribution in [1.82, 2.24) is 0 Å². The third kappa shape index (κ3) is 5.19. The van der Waals surface area contributed by atoms with Crippen LogP contribution in [0.1, 0.15) is 57.9 Å². The van der Waals surface area contributed by atoms with Gasteiger partial charge in [-0.25, -0.2) is 4.79 Å². The Hall–Kier alpha value is -1.10. The Morgan fingerprint density at radius 2 is 1.96 bits per heavy atom. The number of ether oxygens (including phenoxy) is 2. The maximum atomic E-state index is 11.6. The van der Waals surface area contributed by atoms with Crippen LogP contribution < -0.4 is 5.73 Å². The highest BCUT2D eigenvalue weighted by atomic mass is 35.5.